The minimum Gasteiger partial charge on any atom is -0.507 e. The first-order valence-corrected chi connectivity index (χ1v) is 9.80. The summed E-state index contributed by atoms with van der Waals surface area (Å²) in [5.74, 6) is -1.45. The van der Waals surface area contributed by atoms with Crippen LogP contribution in [0.15, 0.2) is 36.4 Å². The smallest absolute Gasteiger partial charge is 0.342 e. The summed E-state index contributed by atoms with van der Waals surface area (Å²) in [5.41, 5.74) is 2.55. The van der Waals surface area contributed by atoms with Crippen LogP contribution in [0.25, 0.3) is 0 Å². The molecule has 30 heavy (non-hydrogen) atoms. The van der Waals surface area contributed by atoms with E-state index < -0.39 is 18.5 Å². The highest BCUT2D eigenvalue weighted by atomic mass is 16.5. The standard InChI is InChI=1S/C23H28N2O5/c1-13(2)16-10-18(14(3)4)21(27)19(11-16)23(29)30-12-20(26)25-17-8-6-15(7-9-17)22(28)24-5/h6-11,13-14,27H,12H2,1-5H3,(H,24,28)(H,25,26). The molecule has 0 aliphatic carbocycles. The van der Waals surface area contributed by atoms with E-state index in [1.165, 1.54) is 7.05 Å². The quantitative estimate of drug-likeness (QED) is 0.600. The van der Waals surface area contributed by atoms with Gasteiger partial charge in [0.15, 0.2) is 6.61 Å². The third-order valence-electron chi connectivity index (χ3n) is 4.66. The number of hydrogen-bond acceptors (Lipinski definition) is 5. The lowest BCUT2D eigenvalue weighted by atomic mass is 9.92. The number of ether oxygens (including phenoxy) is 1. The molecule has 7 nitrogen and oxygen atoms in total. The van der Waals surface area contributed by atoms with Crippen molar-refractivity contribution in [3.8, 4) is 5.75 Å². The Morgan fingerprint density at radius 3 is 2.17 bits per heavy atom. The summed E-state index contributed by atoms with van der Waals surface area (Å²) < 4.78 is 5.12. The third-order valence-corrected chi connectivity index (χ3v) is 4.66. The Morgan fingerprint density at radius 2 is 1.63 bits per heavy atom. The molecule has 0 bridgehead atoms. The summed E-state index contributed by atoms with van der Waals surface area (Å²) in [7, 11) is 1.53. The maximum Gasteiger partial charge on any atom is 0.342 e. The van der Waals surface area contributed by atoms with Gasteiger partial charge in [0.25, 0.3) is 11.8 Å². The molecule has 0 heterocycles. The van der Waals surface area contributed by atoms with E-state index in [2.05, 4.69) is 10.6 Å². The average molecular weight is 412 g/mol. The van der Waals surface area contributed by atoms with Crippen LogP contribution < -0.4 is 10.6 Å². The predicted molar refractivity (Wildman–Crippen MR) is 115 cm³/mol. The van der Waals surface area contributed by atoms with Crippen molar-refractivity contribution in [2.75, 3.05) is 19.0 Å². The summed E-state index contributed by atoms with van der Waals surface area (Å²) in [4.78, 5) is 36.2. The van der Waals surface area contributed by atoms with Gasteiger partial charge < -0.3 is 20.5 Å². The number of carbonyl (C=O) groups excluding carboxylic acids is 3. The van der Waals surface area contributed by atoms with Gasteiger partial charge in [-0.3, -0.25) is 9.59 Å². The summed E-state index contributed by atoms with van der Waals surface area (Å²) >= 11 is 0. The fourth-order valence-corrected chi connectivity index (χ4v) is 2.86. The van der Waals surface area contributed by atoms with Gasteiger partial charge in [0, 0.05) is 18.3 Å². The first-order valence-electron chi connectivity index (χ1n) is 9.80. The minimum atomic E-state index is -0.762. The maximum atomic E-state index is 12.5. The van der Waals surface area contributed by atoms with Crippen LogP contribution in [0.4, 0.5) is 5.69 Å². The maximum absolute atomic E-state index is 12.5. The van der Waals surface area contributed by atoms with Crippen molar-refractivity contribution in [3.05, 3.63) is 58.7 Å². The highest BCUT2D eigenvalue weighted by molar-refractivity contribution is 5.98. The van der Waals surface area contributed by atoms with E-state index in [4.69, 9.17) is 4.74 Å². The average Bonchev–Trinajstić information content (AvgIpc) is 2.71. The molecule has 0 spiro atoms. The van der Waals surface area contributed by atoms with Gasteiger partial charge in [0.05, 0.1) is 0 Å². The largest absolute Gasteiger partial charge is 0.507 e. The number of phenols is 1. The van der Waals surface area contributed by atoms with Crippen LogP contribution in [0.5, 0.6) is 5.75 Å². The zero-order chi connectivity index (χ0) is 22.4. The second-order valence-electron chi connectivity index (χ2n) is 7.60. The van der Waals surface area contributed by atoms with Gasteiger partial charge in [0.2, 0.25) is 0 Å². The van der Waals surface area contributed by atoms with E-state index in [1.54, 1.807) is 30.3 Å². The summed E-state index contributed by atoms with van der Waals surface area (Å²) in [6.07, 6.45) is 0. The van der Waals surface area contributed by atoms with Crippen LogP contribution in [0.2, 0.25) is 0 Å². The van der Waals surface area contributed by atoms with Crippen molar-refractivity contribution < 1.29 is 24.2 Å². The number of benzene rings is 2. The van der Waals surface area contributed by atoms with Gasteiger partial charge in [-0.2, -0.15) is 0 Å². The zero-order valence-corrected chi connectivity index (χ0v) is 17.9. The number of carbonyl (C=O) groups is 3. The van der Waals surface area contributed by atoms with Crippen LogP contribution in [0, 0.1) is 0 Å². The monoisotopic (exact) mass is 412 g/mol. The molecule has 160 valence electrons. The number of aromatic hydroxyl groups is 1. The van der Waals surface area contributed by atoms with Crippen LogP contribution >= 0.6 is 0 Å². The van der Waals surface area contributed by atoms with E-state index in [1.807, 2.05) is 33.8 Å². The summed E-state index contributed by atoms with van der Waals surface area (Å²) in [6, 6.07) is 9.79. The number of esters is 1. The molecule has 0 unspecified atom stereocenters. The Bertz CT molecular complexity index is 933. The van der Waals surface area contributed by atoms with E-state index in [0.717, 1.165) is 5.56 Å². The summed E-state index contributed by atoms with van der Waals surface area (Å²) in [5, 5.41) is 15.6. The van der Waals surface area contributed by atoms with E-state index in [9.17, 15) is 19.5 Å². The fourth-order valence-electron chi connectivity index (χ4n) is 2.86. The molecule has 0 fully saturated rings. The molecule has 0 aromatic heterocycles. The lowest BCUT2D eigenvalue weighted by Crippen LogP contribution is -2.21. The molecule has 3 N–H and O–H groups in total. The summed E-state index contributed by atoms with van der Waals surface area (Å²) in [6.45, 7) is 7.34. The zero-order valence-electron chi connectivity index (χ0n) is 17.9. The molecule has 2 aromatic carbocycles. The Hall–Kier alpha value is -3.35. The molecule has 0 aliphatic heterocycles. The SMILES string of the molecule is CNC(=O)c1ccc(NC(=O)COC(=O)c2cc(C(C)C)cc(C(C)C)c2O)cc1. The van der Waals surface area contributed by atoms with Gasteiger partial charge >= 0.3 is 5.97 Å². The van der Waals surface area contributed by atoms with Crippen LogP contribution in [0.1, 0.15) is 71.4 Å². The molecule has 2 aromatic rings. The Labute approximate surface area is 176 Å². The van der Waals surface area contributed by atoms with Crippen molar-refractivity contribution in [2.24, 2.45) is 0 Å². The molecular weight excluding hydrogens is 384 g/mol. The molecule has 0 aliphatic rings. The van der Waals surface area contributed by atoms with Crippen molar-refractivity contribution >= 4 is 23.5 Å². The Balaban J connectivity index is 2.06. The first kappa shape index (κ1) is 22.9. The molecule has 0 saturated heterocycles. The van der Waals surface area contributed by atoms with Gasteiger partial charge in [-0.15, -0.1) is 0 Å². The minimum absolute atomic E-state index is 0.0244. The van der Waals surface area contributed by atoms with Crippen molar-refractivity contribution in [3.63, 3.8) is 0 Å². The Kier molecular flexibility index (Phi) is 7.58. The van der Waals surface area contributed by atoms with Crippen LogP contribution in [-0.4, -0.2) is 36.5 Å². The second-order valence-corrected chi connectivity index (χ2v) is 7.60. The number of hydrogen-bond donors (Lipinski definition) is 3. The lowest BCUT2D eigenvalue weighted by molar-refractivity contribution is -0.119. The van der Waals surface area contributed by atoms with Gasteiger partial charge in [0.1, 0.15) is 11.3 Å². The lowest BCUT2D eigenvalue weighted by Gasteiger charge is -2.16. The molecule has 2 amide bonds. The highest BCUT2D eigenvalue weighted by Gasteiger charge is 2.21. The third kappa shape index (κ3) is 5.59. The van der Waals surface area contributed by atoms with Gasteiger partial charge in [-0.25, -0.2) is 4.79 Å². The first-order chi connectivity index (χ1) is 14.1. The normalized spacial score (nSPS) is 10.8. The predicted octanol–water partition coefficient (Wildman–Crippen LogP) is 3.79. The van der Waals surface area contributed by atoms with Crippen molar-refractivity contribution in [1.82, 2.24) is 5.32 Å². The molecule has 0 atom stereocenters. The van der Waals surface area contributed by atoms with Gasteiger partial charge in [-0.1, -0.05) is 33.8 Å². The number of amides is 2. The number of phenolic OH excluding ortho intramolecular Hbond substituents is 1. The second kappa shape index (κ2) is 9.91. The number of nitrogens with one attached hydrogen (secondary N) is 2. The van der Waals surface area contributed by atoms with E-state index >= 15 is 0 Å². The fraction of sp³-hybridized carbons (Fsp3) is 0.348. The topological polar surface area (TPSA) is 105 Å². The number of rotatable bonds is 7. The van der Waals surface area contributed by atoms with Gasteiger partial charge in [-0.05, 0) is 53.3 Å². The van der Waals surface area contributed by atoms with Crippen molar-refractivity contribution in [1.29, 1.82) is 0 Å². The van der Waals surface area contributed by atoms with Crippen LogP contribution in [0.3, 0.4) is 0 Å². The number of anilines is 1. The molecule has 7 heteroatoms. The molecular formula is C23H28N2O5. The Morgan fingerprint density at radius 1 is 1.00 bits per heavy atom. The van der Waals surface area contributed by atoms with Crippen molar-refractivity contribution in [2.45, 2.75) is 39.5 Å². The van der Waals surface area contributed by atoms with E-state index in [-0.39, 0.29) is 29.1 Å². The van der Waals surface area contributed by atoms with E-state index in [0.29, 0.717) is 16.8 Å². The molecule has 0 saturated carbocycles. The highest BCUT2D eigenvalue weighted by Crippen LogP contribution is 2.33. The molecule has 2 rings (SSSR count). The van der Waals surface area contributed by atoms with Crippen LogP contribution in [-0.2, 0) is 9.53 Å². The molecule has 0 radical (unpaired) electrons.